The molecular weight excluding hydrogens is 359 g/mol. The molecule has 0 spiro atoms. The molecule has 1 aliphatic heterocycles. The number of carbonyl (C=O) groups is 1. The van der Waals surface area contributed by atoms with Crippen LogP contribution in [0.4, 0.5) is 10.2 Å². The number of aromatic nitrogens is 2. The second-order valence-corrected chi connectivity index (χ2v) is 6.61. The fraction of sp³-hybridized carbons (Fsp3) is 0.476. The van der Waals surface area contributed by atoms with Crippen LogP contribution in [0.15, 0.2) is 35.3 Å². The Hall–Kier alpha value is -2.54. The number of piperazine rings is 1. The average molecular weight is 388 g/mol. The van der Waals surface area contributed by atoms with Crippen molar-refractivity contribution in [3.8, 4) is 0 Å². The van der Waals surface area contributed by atoms with Crippen LogP contribution in [0.25, 0.3) is 0 Å². The largest absolute Gasteiger partial charge is 0.349 e. The van der Waals surface area contributed by atoms with Gasteiger partial charge in [-0.25, -0.2) is 9.37 Å². The maximum atomic E-state index is 13.1. The highest BCUT2D eigenvalue weighted by Gasteiger charge is 2.20. The third-order valence-electron chi connectivity index (χ3n) is 4.59. The van der Waals surface area contributed by atoms with E-state index in [-0.39, 0.29) is 11.4 Å². The molecule has 1 aromatic carbocycles. The summed E-state index contributed by atoms with van der Waals surface area (Å²) in [5.74, 6) is 0.129. The number of rotatable bonds is 6. The van der Waals surface area contributed by atoms with Crippen molar-refractivity contribution in [1.82, 2.24) is 14.5 Å². The fourth-order valence-corrected chi connectivity index (χ4v) is 3.04. The van der Waals surface area contributed by atoms with Crippen LogP contribution in [-0.2, 0) is 17.8 Å². The monoisotopic (exact) mass is 388 g/mol. The van der Waals surface area contributed by atoms with Crippen LogP contribution in [0.5, 0.6) is 0 Å². The lowest BCUT2D eigenvalue weighted by Gasteiger charge is -2.33. The van der Waals surface area contributed by atoms with Crippen molar-refractivity contribution >= 4 is 12.1 Å². The van der Waals surface area contributed by atoms with E-state index < -0.39 is 0 Å². The van der Waals surface area contributed by atoms with Gasteiger partial charge in [0.05, 0.1) is 12.2 Å². The van der Waals surface area contributed by atoms with Crippen molar-refractivity contribution in [2.45, 2.75) is 33.2 Å². The molecule has 3 rings (SSSR count). The molecule has 0 aliphatic carbocycles. The molecule has 0 atom stereocenters. The van der Waals surface area contributed by atoms with Crippen LogP contribution < -0.4 is 10.5 Å². The van der Waals surface area contributed by atoms with Gasteiger partial charge in [0.2, 0.25) is 0 Å². The van der Waals surface area contributed by atoms with Crippen molar-refractivity contribution in [1.29, 1.82) is 0 Å². The lowest BCUT2D eigenvalue weighted by atomic mass is 10.2. The number of benzene rings is 1. The summed E-state index contributed by atoms with van der Waals surface area (Å²) in [4.78, 5) is 32.4. The normalized spacial score (nSPS) is 14.4. The van der Waals surface area contributed by atoms with E-state index in [1.54, 1.807) is 22.9 Å². The van der Waals surface area contributed by atoms with E-state index in [0.29, 0.717) is 30.9 Å². The number of aryl methyl sites for hydroxylation is 1. The Kier molecular flexibility index (Phi) is 8.32. The summed E-state index contributed by atoms with van der Waals surface area (Å²) in [6.07, 6.45) is 3.42. The van der Waals surface area contributed by atoms with E-state index in [9.17, 15) is 14.0 Å². The minimum Gasteiger partial charge on any atom is -0.349 e. The second kappa shape index (κ2) is 10.7. The first-order valence-electron chi connectivity index (χ1n) is 9.79. The molecule has 0 unspecified atom stereocenters. The van der Waals surface area contributed by atoms with Crippen molar-refractivity contribution in [2.24, 2.45) is 0 Å². The number of halogens is 1. The molecule has 0 bridgehead atoms. The van der Waals surface area contributed by atoms with E-state index in [1.807, 2.05) is 18.7 Å². The van der Waals surface area contributed by atoms with Gasteiger partial charge in [-0.1, -0.05) is 26.0 Å². The van der Waals surface area contributed by atoms with Crippen LogP contribution in [0.3, 0.4) is 0 Å². The van der Waals surface area contributed by atoms with Crippen LogP contribution in [0.2, 0.25) is 0 Å². The minimum atomic E-state index is -0.305. The molecule has 1 saturated heterocycles. The molecule has 0 radical (unpaired) electrons. The summed E-state index contributed by atoms with van der Waals surface area (Å²) in [5, 5.41) is 0. The average Bonchev–Trinajstić information content (AvgIpc) is 2.72. The van der Waals surface area contributed by atoms with Gasteiger partial charge in [-0.2, -0.15) is 0 Å². The molecule has 1 fully saturated rings. The lowest BCUT2D eigenvalue weighted by Crippen LogP contribution is -2.47. The molecule has 152 valence electrons. The number of anilines is 1. The first kappa shape index (κ1) is 21.8. The Bertz CT molecular complexity index is 812. The molecule has 1 aliphatic rings. The van der Waals surface area contributed by atoms with E-state index in [1.165, 1.54) is 12.1 Å². The zero-order chi connectivity index (χ0) is 20.5. The molecule has 0 N–H and O–H groups in total. The number of carbonyl (C=O) groups excluding carboxylic acids is 1. The van der Waals surface area contributed by atoms with Crippen LogP contribution in [0, 0.1) is 5.82 Å². The fourth-order valence-electron chi connectivity index (χ4n) is 3.04. The Balaban J connectivity index is 0.00000136. The zero-order valence-electron chi connectivity index (χ0n) is 16.9. The van der Waals surface area contributed by atoms with Gasteiger partial charge in [0.25, 0.3) is 5.56 Å². The maximum Gasteiger partial charge on any atom is 0.293 e. The molecule has 2 heterocycles. The van der Waals surface area contributed by atoms with E-state index >= 15 is 0 Å². The zero-order valence-corrected chi connectivity index (χ0v) is 16.9. The first-order valence-corrected chi connectivity index (χ1v) is 9.79. The van der Waals surface area contributed by atoms with Gasteiger partial charge in [-0.05, 0) is 31.2 Å². The molecule has 0 amide bonds. The van der Waals surface area contributed by atoms with Crippen LogP contribution in [-0.4, -0.2) is 54.0 Å². The molecule has 2 aromatic rings. The first-order chi connectivity index (χ1) is 13.6. The smallest absolute Gasteiger partial charge is 0.293 e. The van der Waals surface area contributed by atoms with Gasteiger partial charge in [-0.3, -0.25) is 4.79 Å². The predicted molar refractivity (Wildman–Crippen MR) is 109 cm³/mol. The van der Waals surface area contributed by atoms with Crippen molar-refractivity contribution in [2.75, 3.05) is 38.1 Å². The molecule has 7 heteroatoms. The van der Waals surface area contributed by atoms with Gasteiger partial charge in [-0.15, -0.1) is 0 Å². The number of hydrogen-bond donors (Lipinski definition) is 0. The molecular formula is C21H29FN4O2. The van der Waals surface area contributed by atoms with E-state index in [0.717, 1.165) is 38.0 Å². The van der Waals surface area contributed by atoms with Crippen molar-refractivity contribution in [3.63, 3.8) is 0 Å². The molecule has 28 heavy (non-hydrogen) atoms. The quantitative estimate of drug-likeness (QED) is 0.711. The summed E-state index contributed by atoms with van der Waals surface area (Å²) in [6, 6.07) is 6.11. The number of aldehydes is 1. The van der Waals surface area contributed by atoms with Gasteiger partial charge in [0, 0.05) is 38.8 Å². The third kappa shape index (κ3) is 5.73. The Morgan fingerprint density at radius 1 is 1.11 bits per heavy atom. The summed E-state index contributed by atoms with van der Waals surface area (Å²) in [7, 11) is 2.05. The standard InChI is InChI=1S/C19H23FN4O2.C2H6/c1-22-8-10-23(11-9-22)18-19(26)24(14-17(21-18)3-2-12-25)13-15-4-6-16(20)7-5-15;1-2/h4-7,12,14H,2-3,8-11,13H2,1H3;1-2H3. The van der Waals surface area contributed by atoms with E-state index in [4.69, 9.17) is 0 Å². The predicted octanol–water partition coefficient (Wildman–Crippen LogP) is 2.34. The Labute approximate surface area is 165 Å². The molecule has 0 saturated carbocycles. The number of likely N-dealkylation sites (N-methyl/N-ethyl adjacent to an activating group) is 1. The van der Waals surface area contributed by atoms with Gasteiger partial charge >= 0.3 is 0 Å². The Morgan fingerprint density at radius 2 is 1.75 bits per heavy atom. The highest BCUT2D eigenvalue weighted by molar-refractivity contribution is 5.50. The minimum absolute atomic E-state index is 0.159. The van der Waals surface area contributed by atoms with Crippen LogP contribution >= 0.6 is 0 Å². The second-order valence-electron chi connectivity index (χ2n) is 6.61. The van der Waals surface area contributed by atoms with Crippen molar-refractivity contribution < 1.29 is 9.18 Å². The van der Waals surface area contributed by atoms with Gasteiger partial charge in [0.15, 0.2) is 5.82 Å². The summed E-state index contributed by atoms with van der Waals surface area (Å²) in [5.41, 5.74) is 1.40. The molecule has 1 aromatic heterocycles. The summed E-state index contributed by atoms with van der Waals surface area (Å²) < 4.78 is 14.7. The maximum absolute atomic E-state index is 13.1. The van der Waals surface area contributed by atoms with Gasteiger partial charge < -0.3 is 19.2 Å². The highest BCUT2D eigenvalue weighted by atomic mass is 19.1. The van der Waals surface area contributed by atoms with Crippen LogP contribution in [0.1, 0.15) is 31.5 Å². The Morgan fingerprint density at radius 3 is 2.36 bits per heavy atom. The van der Waals surface area contributed by atoms with Gasteiger partial charge in [0.1, 0.15) is 12.1 Å². The number of hydrogen-bond acceptors (Lipinski definition) is 5. The number of nitrogens with zero attached hydrogens (tertiary/aromatic N) is 4. The highest BCUT2D eigenvalue weighted by Crippen LogP contribution is 2.12. The summed E-state index contributed by atoms with van der Waals surface area (Å²) in [6.45, 7) is 7.57. The molecule has 6 nitrogen and oxygen atoms in total. The lowest BCUT2D eigenvalue weighted by molar-refractivity contribution is -0.107. The topological polar surface area (TPSA) is 58.4 Å². The third-order valence-corrected chi connectivity index (χ3v) is 4.59. The van der Waals surface area contributed by atoms with E-state index in [2.05, 4.69) is 16.9 Å². The SMILES string of the molecule is CC.CN1CCN(c2nc(CCC=O)cn(Cc3ccc(F)cc3)c2=O)CC1. The van der Waals surface area contributed by atoms with Crippen molar-refractivity contribution in [3.05, 3.63) is 57.9 Å². The summed E-state index contributed by atoms with van der Waals surface area (Å²) >= 11 is 0.